The van der Waals surface area contributed by atoms with E-state index in [0.717, 1.165) is 24.2 Å². The van der Waals surface area contributed by atoms with E-state index in [0.29, 0.717) is 13.0 Å². The molecule has 32 heavy (non-hydrogen) atoms. The van der Waals surface area contributed by atoms with Crippen molar-refractivity contribution in [3.05, 3.63) is 107 Å². The second-order valence-electron chi connectivity index (χ2n) is 8.66. The van der Waals surface area contributed by atoms with Gasteiger partial charge in [-0.05, 0) is 28.7 Å². The Morgan fingerprint density at radius 2 is 1.28 bits per heavy atom. The van der Waals surface area contributed by atoms with Gasteiger partial charge in [-0.15, -0.1) is 0 Å². The van der Waals surface area contributed by atoms with E-state index in [1.54, 1.807) is 4.90 Å². The molecule has 2 unspecified atom stereocenters. The fourth-order valence-electron chi connectivity index (χ4n) is 5.11. The third-order valence-electron chi connectivity index (χ3n) is 6.74. The first-order valence-electron chi connectivity index (χ1n) is 11.1. The van der Waals surface area contributed by atoms with E-state index in [2.05, 4.69) is 17.0 Å². The highest BCUT2D eigenvalue weighted by Gasteiger charge is 2.44. The second kappa shape index (κ2) is 8.60. The van der Waals surface area contributed by atoms with Gasteiger partial charge in [0.15, 0.2) is 0 Å². The van der Waals surface area contributed by atoms with Gasteiger partial charge in [0.1, 0.15) is 6.04 Å². The molecule has 1 saturated heterocycles. The summed E-state index contributed by atoms with van der Waals surface area (Å²) in [5.74, 6) is -1.60. The zero-order valence-corrected chi connectivity index (χ0v) is 17.8. The van der Waals surface area contributed by atoms with Crippen molar-refractivity contribution in [2.24, 2.45) is 0 Å². The van der Waals surface area contributed by atoms with Crippen LogP contribution in [0.5, 0.6) is 0 Å². The average molecular weight is 427 g/mol. The smallest absolute Gasteiger partial charge is 0.326 e. The fraction of sp³-hybridized carbons (Fsp3) is 0.259. The Kier molecular flexibility index (Phi) is 5.50. The molecule has 1 N–H and O–H groups in total. The molecule has 0 spiro atoms. The molecule has 2 heterocycles. The lowest BCUT2D eigenvalue weighted by atomic mass is 9.90. The number of hydrogen-bond acceptors (Lipinski definition) is 3. The highest BCUT2D eigenvalue weighted by molar-refractivity contribution is 5.91. The van der Waals surface area contributed by atoms with Crippen molar-refractivity contribution in [2.45, 2.75) is 37.5 Å². The van der Waals surface area contributed by atoms with Crippen LogP contribution in [0, 0.1) is 0 Å². The molecule has 5 nitrogen and oxygen atoms in total. The zero-order valence-electron chi connectivity index (χ0n) is 17.8. The van der Waals surface area contributed by atoms with Crippen molar-refractivity contribution in [1.29, 1.82) is 0 Å². The quantitative estimate of drug-likeness (QED) is 0.673. The molecule has 2 aliphatic rings. The van der Waals surface area contributed by atoms with Gasteiger partial charge in [-0.3, -0.25) is 9.69 Å². The van der Waals surface area contributed by atoms with Crippen LogP contribution in [0.3, 0.4) is 0 Å². The Morgan fingerprint density at radius 1 is 0.781 bits per heavy atom. The summed E-state index contributed by atoms with van der Waals surface area (Å²) in [4.78, 5) is 30.0. The van der Waals surface area contributed by atoms with Gasteiger partial charge in [0.25, 0.3) is 0 Å². The van der Waals surface area contributed by atoms with E-state index < -0.39 is 17.9 Å². The van der Waals surface area contributed by atoms with Crippen LogP contribution in [-0.4, -0.2) is 45.4 Å². The predicted octanol–water partition coefficient (Wildman–Crippen LogP) is 3.89. The Balaban J connectivity index is 1.43. The maximum absolute atomic E-state index is 13.9. The molecule has 162 valence electrons. The van der Waals surface area contributed by atoms with E-state index >= 15 is 0 Å². The van der Waals surface area contributed by atoms with Crippen molar-refractivity contribution in [2.75, 3.05) is 6.54 Å². The van der Waals surface area contributed by atoms with E-state index in [9.17, 15) is 14.7 Å². The molecular formula is C27H26N2O3. The number of fused-ring (bicyclic) bond motifs is 1. The first kappa shape index (κ1) is 20.5. The summed E-state index contributed by atoms with van der Waals surface area (Å²) in [6.45, 7) is 2.03. The number of carbonyl (C=O) groups is 2. The van der Waals surface area contributed by atoms with Crippen LogP contribution in [0.15, 0.2) is 84.9 Å². The van der Waals surface area contributed by atoms with Crippen LogP contribution < -0.4 is 0 Å². The Hall–Kier alpha value is -3.44. The van der Waals surface area contributed by atoms with Crippen molar-refractivity contribution >= 4 is 11.9 Å². The maximum atomic E-state index is 13.9. The minimum atomic E-state index is -0.933. The SMILES string of the molecule is O=C(O)C1CC(N2Cc3ccccc3C2)CN1C(=O)C(c1ccccc1)c1ccccc1. The average Bonchev–Trinajstić information content (AvgIpc) is 3.45. The van der Waals surface area contributed by atoms with Gasteiger partial charge in [-0.2, -0.15) is 0 Å². The molecule has 0 bridgehead atoms. The third-order valence-corrected chi connectivity index (χ3v) is 6.74. The molecule has 0 aromatic heterocycles. The summed E-state index contributed by atoms with van der Waals surface area (Å²) in [5, 5.41) is 9.98. The second-order valence-corrected chi connectivity index (χ2v) is 8.66. The topological polar surface area (TPSA) is 60.9 Å². The van der Waals surface area contributed by atoms with Crippen LogP contribution in [0.2, 0.25) is 0 Å². The fourth-order valence-corrected chi connectivity index (χ4v) is 5.11. The van der Waals surface area contributed by atoms with E-state index in [4.69, 9.17) is 0 Å². The van der Waals surface area contributed by atoms with E-state index in [1.807, 2.05) is 72.8 Å². The molecule has 2 aliphatic heterocycles. The summed E-state index contributed by atoms with van der Waals surface area (Å²) in [5.41, 5.74) is 4.33. The van der Waals surface area contributed by atoms with Crippen molar-refractivity contribution in [1.82, 2.24) is 9.80 Å². The Bertz CT molecular complexity index is 1050. The summed E-state index contributed by atoms with van der Waals surface area (Å²) in [7, 11) is 0. The summed E-state index contributed by atoms with van der Waals surface area (Å²) < 4.78 is 0. The lowest BCUT2D eigenvalue weighted by Crippen LogP contribution is -2.43. The highest BCUT2D eigenvalue weighted by atomic mass is 16.4. The summed E-state index contributed by atoms with van der Waals surface area (Å²) in [6.07, 6.45) is 0.450. The van der Waals surface area contributed by atoms with Crippen molar-refractivity contribution in [3.63, 3.8) is 0 Å². The van der Waals surface area contributed by atoms with Crippen molar-refractivity contribution < 1.29 is 14.7 Å². The van der Waals surface area contributed by atoms with Gasteiger partial charge >= 0.3 is 5.97 Å². The molecule has 5 heteroatoms. The van der Waals surface area contributed by atoms with Crippen LogP contribution in [-0.2, 0) is 22.7 Å². The molecule has 2 atom stereocenters. The van der Waals surface area contributed by atoms with Gasteiger partial charge in [-0.25, -0.2) is 4.79 Å². The van der Waals surface area contributed by atoms with Gasteiger partial charge in [0, 0.05) is 25.7 Å². The number of carboxylic acids is 1. The van der Waals surface area contributed by atoms with Gasteiger partial charge in [0.2, 0.25) is 5.91 Å². The summed E-state index contributed by atoms with van der Waals surface area (Å²) in [6, 6.07) is 26.8. The number of benzene rings is 3. The number of carboxylic acid groups (broad SMARTS) is 1. The largest absolute Gasteiger partial charge is 0.480 e. The number of amides is 1. The minimum absolute atomic E-state index is 0.0275. The third kappa shape index (κ3) is 3.80. The van der Waals surface area contributed by atoms with Gasteiger partial charge in [0.05, 0.1) is 5.92 Å². The minimum Gasteiger partial charge on any atom is -0.480 e. The molecule has 1 amide bonds. The molecule has 0 saturated carbocycles. The first-order chi connectivity index (χ1) is 15.6. The molecule has 1 fully saturated rings. The number of aliphatic carboxylic acids is 1. The Labute approximate surface area is 187 Å². The molecule has 0 aliphatic carbocycles. The van der Waals surface area contributed by atoms with E-state index in [1.165, 1.54) is 11.1 Å². The van der Waals surface area contributed by atoms with E-state index in [-0.39, 0.29) is 11.9 Å². The van der Waals surface area contributed by atoms with Gasteiger partial charge in [-0.1, -0.05) is 84.9 Å². The normalized spacial score (nSPS) is 20.5. The lowest BCUT2D eigenvalue weighted by Gasteiger charge is -2.28. The molecule has 5 rings (SSSR count). The van der Waals surface area contributed by atoms with Crippen molar-refractivity contribution in [3.8, 4) is 0 Å². The highest BCUT2D eigenvalue weighted by Crippen LogP contribution is 2.34. The van der Waals surface area contributed by atoms with Crippen LogP contribution in [0.1, 0.15) is 34.6 Å². The molecule has 0 radical (unpaired) electrons. The molecule has 3 aromatic rings. The predicted molar refractivity (Wildman–Crippen MR) is 122 cm³/mol. The monoisotopic (exact) mass is 426 g/mol. The number of hydrogen-bond donors (Lipinski definition) is 1. The zero-order chi connectivity index (χ0) is 22.1. The standard InChI is InChI=1S/C27H26N2O3/c30-26(25(19-9-3-1-4-10-19)20-11-5-2-6-12-20)29-18-23(15-24(29)27(31)32)28-16-21-13-7-8-14-22(21)17-28/h1-14,23-25H,15-18H2,(H,31,32). The number of likely N-dealkylation sites (tertiary alicyclic amines) is 1. The number of nitrogens with zero attached hydrogens (tertiary/aromatic N) is 2. The first-order valence-corrected chi connectivity index (χ1v) is 11.1. The maximum Gasteiger partial charge on any atom is 0.326 e. The number of carbonyl (C=O) groups excluding carboxylic acids is 1. The lowest BCUT2D eigenvalue weighted by molar-refractivity contribution is -0.148. The summed E-state index contributed by atoms with van der Waals surface area (Å²) >= 11 is 0. The van der Waals surface area contributed by atoms with Crippen LogP contribution in [0.4, 0.5) is 0 Å². The van der Waals surface area contributed by atoms with Crippen LogP contribution in [0.25, 0.3) is 0 Å². The van der Waals surface area contributed by atoms with Crippen LogP contribution >= 0.6 is 0 Å². The number of rotatable bonds is 5. The molecule has 3 aromatic carbocycles. The van der Waals surface area contributed by atoms with Gasteiger partial charge < -0.3 is 10.0 Å². The Morgan fingerprint density at radius 3 is 1.78 bits per heavy atom. The molecular weight excluding hydrogens is 400 g/mol.